The van der Waals surface area contributed by atoms with E-state index in [9.17, 15) is 4.39 Å². The highest BCUT2D eigenvalue weighted by atomic mass is 19.1. The second-order valence-corrected chi connectivity index (χ2v) is 4.83. The molecule has 4 heteroatoms. The molecule has 108 valence electrons. The number of H-pyrrole nitrogens is 1. The van der Waals surface area contributed by atoms with Crippen molar-refractivity contribution in [3.63, 3.8) is 0 Å². The predicted molar refractivity (Wildman–Crippen MR) is 83.2 cm³/mol. The lowest BCUT2D eigenvalue weighted by Crippen LogP contribution is -2.03. The average Bonchev–Trinajstić information content (AvgIpc) is 2.94. The number of hydrogen-bond acceptors (Lipinski definition) is 2. The molecule has 0 bridgehead atoms. The van der Waals surface area contributed by atoms with Gasteiger partial charge in [0.2, 0.25) is 0 Å². The first kappa shape index (κ1) is 13.5. The Bertz CT molecular complexity index is 751. The zero-order valence-corrected chi connectivity index (χ0v) is 11.8. The molecular formula is C17H17FN2O. The lowest BCUT2D eigenvalue weighted by molar-refractivity contribution is 0.340. The lowest BCUT2D eigenvalue weighted by Gasteiger charge is -2.12. The normalized spacial score (nSPS) is 10.8. The molecule has 0 aliphatic carbocycles. The average molecular weight is 284 g/mol. The van der Waals surface area contributed by atoms with Crippen molar-refractivity contribution in [1.82, 2.24) is 4.98 Å². The van der Waals surface area contributed by atoms with E-state index in [4.69, 9.17) is 4.74 Å². The molecule has 2 aromatic carbocycles. The van der Waals surface area contributed by atoms with Gasteiger partial charge in [0.25, 0.3) is 0 Å². The topological polar surface area (TPSA) is 37.0 Å². The monoisotopic (exact) mass is 284 g/mol. The lowest BCUT2D eigenvalue weighted by atomic mass is 10.1. The van der Waals surface area contributed by atoms with Gasteiger partial charge in [0.1, 0.15) is 11.6 Å². The van der Waals surface area contributed by atoms with Gasteiger partial charge in [-0.3, -0.25) is 0 Å². The maximum Gasteiger partial charge on any atom is 0.145 e. The molecule has 0 spiro atoms. The Kier molecular flexibility index (Phi) is 3.77. The summed E-state index contributed by atoms with van der Waals surface area (Å²) < 4.78 is 18.7. The molecule has 3 aromatic rings. The van der Waals surface area contributed by atoms with Crippen LogP contribution in [0.1, 0.15) is 12.5 Å². The summed E-state index contributed by atoms with van der Waals surface area (Å²) in [6.45, 7) is 3.04. The highest BCUT2D eigenvalue weighted by Gasteiger charge is 2.05. The zero-order valence-electron chi connectivity index (χ0n) is 11.8. The smallest absolute Gasteiger partial charge is 0.145 e. The number of aromatic amines is 1. The largest absolute Gasteiger partial charge is 0.492 e. The second kappa shape index (κ2) is 5.87. The Morgan fingerprint density at radius 2 is 2.05 bits per heavy atom. The fourth-order valence-corrected chi connectivity index (χ4v) is 2.32. The quantitative estimate of drug-likeness (QED) is 0.732. The molecule has 3 rings (SSSR count). The van der Waals surface area contributed by atoms with Gasteiger partial charge in [-0.05, 0) is 42.1 Å². The van der Waals surface area contributed by atoms with E-state index in [0.717, 1.165) is 16.8 Å². The fourth-order valence-electron chi connectivity index (χ4n) is 2.32. The molecule has 0 saturated heterocycles. The number of aromatic nitrogens is 1. The van der Waals surface area contributed by atoms with Crippen molar-refractivity contribution in [1.29, 1.82) is 0 Å². The molecule has 21 heavy (non-hydrogen) atoms. The van der Waals surface area contributed by atoms with Gasteiger partial charge in [-0.25, -0.2) is 4.39 Å². The van der Waals surface area contributed by atoms with E-state index in [0.29, 0.717) is 18.9 Å². The van der Waals surface area contributed by atoms with Crippen LogP contribution in [0.4, 0.5) is 10.1 Å². The number of ether oxygens (including phenoxy) is 1. The first-order chi connectivity index (χ1) is 10.3. The molecule has 1 aromatic heterocycles. The Labute approximate surface area is 122 Å². The molecule has 0 aliphatic heterocycles. The van der Waals surface area contributed by atoms with Crippen molar-refractivity contribution in [2.45, 2.75) is 13.5 Å². The van der Waals surface area contributed by atoms with Crippen LogP contribution in [0.25, 0.3) is 10.9 Å². The van der Waals surface area contributed by atoms with Crippen molar-refractivity contribution < 1.29 is 9.13 Å². The van der Waals surface area contributed by atoms with Crippen LogP contribution in [0.15, 0.2) is 48.7 Å². The molecule has 0 radical (unpaired) electrons. The van der Waals surface area contributed by atoms with Gasteiger partial charge in [-0.1, -0.05) is 12.1 Å². The first-order valence-corrected chi connectivity index (χ1v) is 6.98. The maximum absolute atomic E-state index is 13.3. The third-order valence-electron chi connectivity index (χ3n) is 3.35. The molecule has 0 unspecified atom stereocenters. The van der Waals surface area contributed by atoms with Crippen molar-refractivity contribution in [3.05, 3.63) is 60.0 Å². The van der Waals surface area contributed by atoms with E-state index in [2.05, 4.69) is 28.5 Å². The Balaban J connectivity index is 1.77. The minimum atomic E-state index is -0.295. The van der Waals surface area contributed by atoms with Crippen LogP contribution in [0, 0.1) is 5.82 Å². The number of nitrogens with one attached hydrogen (secondary N) is 2. The third kappa shape index (κ3) is 2.99. The van der Waals surface area contributed by atoms with Gasteiger partial charge >= 0.3 is 0 Å². The van der Waals surface area contributed by atoms with Crippen molar-refractivity contribution in [2.24, 2.45) is 0 Å². The summed E-state index contributed by atoms with van der Waals surface area (Å²) >= 11 is 0. The minimum Gasteiger partial charge on any atom is -0.492 e. The van der Waals surface area contributed by atoms with Gasteiger partial charge in [0.15, 0.2) is 0 Å². The van der Waals surface area contributed by atoms with Gasteiger partial charge in [0, 0.05) is 24.3 Å². The molecule has 0 aliphatic rings. The molecule has 2 N–H and O–H groups in total. The molecule has 0 saturated carbocycles. The molecular weight excluding hydrogens is 267 g/mol. The summed E-state index contributed by atoms with van der Waals surface area (Å²) in [6.07, 6.45) is 1.93. The highest BCUT2D eigenvalue weighted by Crippen LogP contribution is 2.26. The fraction of sp³-hybridized carbons (Fsp3) is 0.176. The van der Waals surface area contributed by atoms with Gasteiger partial charge in [0.05, 0.1) is 12.3 Å². The van der Waals surface area contributed by atoms with Crippen LogP contribution in [0.2, 0.25) is 0 Å². The molecule has 0 fully saturated rings. The number of fused-ring (bicyclic) bond motifs is 1. The number of hydrogen-bond donors (Lipinski definition) is 2. The van der Waals surface area contributed by atoms with Crippen LogP contribution in [-0.4, -0.2) is 11.6 Å². The SMILES string of the molecule is CCOc1cc(F)ccc1NCc1ccc2cc[nH]c2c1. The van der Waals surface area contributed by atoms with E-state index >= 15 is 0 Å². The van der Waals surface area contributed by atoms with Crippen LogP contribution in [0.3, 0.4) is 0 Å². The molecule has 0 amide bonds. The van der Waals surface area contributed by atoms with E-state index in [1.807, 2.05) is 19.2 Å². The summed E-state index contributed by atoms with van der Waals surface area (Å²) in [5.74, 6) is 0.246. The summed E-state index contributed by atoms with van der Waals surface area (Å²) in [4.78, 5) is 3.20. The van der Waals surface area contributed by atoms with E-state index < -0.39 is 0 Å². The van der Waals surface area contributed by atoms with E-state index in [1.165, 1.54) is 17.5 Å². The number of benzene rings is 2. The molecule has 1 heterocycles. The second-order valence-electron chi connectivity index (χ2n) is 4.83. The van der Waals surface area contributed by atoms with Crippen LogP contribution < -0.4 is 10.1 Å². The number of rotatable bonds is 5. The van der Waals surface area contributed by atoms with E-state index in [-0.39, 0.29) is 5.82 Å². The van der Waals surface area contributed by atoms with Crippen molar-refractivity contribution in [3.8, 4) is 5.75 Å². The van der Waals surface area contributed by atoms with Crippen LogP contribution in [0.5, 0.6) is 5.75 Å². The third-order valence-corrected chi connectivity index (χ3v) is 3.35. The van der Waals surface area contributed by atoms with Gasteiger partial charge < -0.3 is 15.0 Å². The van der Waals surface area contributed by atoms with Gasteiger partial charge in [-0.2, -0.15) is 0 Å². The first-order valence-electron chi connectivity index (χ1n) is 6.98. The van der Waals surface area contributed by atoms with Crippen LogP contribution in [-0.2, 0) is 6.54 Å². The Hall–Kier alpha value is -2.49. The predicted octanol–water partition coefficient (Wildman–Crippen LogP) is 4.32. The molecule has 3 nitrogen and oxygen atoms in total. The number of anilines is 1. The van der Waals surface area contributed by atoms with Crippen molar-refractivity contribution >= 4 is 16.6 Å². The van der Waals surface area contributed by atoms with Gasteiger partial charge in [-0.15, -0.1) is 0 Å². The Morgan fingerprint density at radius 1 is 1.14 bits per heavy atom. The zero-order chi connectivity index (χ0) is 14.7. The highest BCUT2D eigenvalue weighted by molar-refractivity contribution is 5.79. The number of halogens is 1. The summed E-state index contributed by atoms with van der Waals surface area (Å²) in [5, 5.41) is 4.48. The summed E-state index contributed by atoms with van der Waals surface area (Å²) in [7, 11) is 0. The van der Waals surface area contributed by atoms with E-state index in [1.54, 1.807) is 6.07 Å². The minimum absolute atomic E-state index is 0.295. The summed E-state index contributed by atoms with van der Waals surface area (Å²) in [6, 6.07) is 12.8. The standard InChI is InChI=1S/C17H17FN2O/c1-2-21-17-10-14(18)5-6-15(17)20-11-12-3-4-13-7-8-19-16(13)9-12/h3-10,19-20H,2,11H2,1H3. The van der Waals surface area contributed by atoms with Crippen molar-refractivity contribution in [2.75, 3.05) is 11.9 Å². The maximum atomic E-state index is 13.3. The Morgan fingerprint density at radius 3 is 2.90 bits per heavy atom. The van der Waals surface area contributed by atoms with Crippen LogP contribution >= 0.6 is 0 Å². The summed E-state index contributed by atoms with van der Waals surface area (Å²) in [5.41, 5.74) is 3.06. The molecule has 0 atom stereocenters.